The van der Waals surface area contributed by atoms with Gasteiger partial charge in [-0.25, -0.2) is 0 Å². The molecule has 1 nitrogen and oxygen atoms in total. The number of nitrogens with one attached hydrogen (secondary N) is 1. The largest absolute Gasteiger partial charge is 0.314 e. The Kier molecular flexibility index (Phi) is 3.81. The molecule has 0 aromatic carbocycles. The molecular weight excluding hydrogens is 122 g/mol. The number of hydrogen-bond donors (Lipinski definition) is 1. The van der Waals surface area contributed by atoms with Crippen molar-refractivity contribution in [1.29, 1.82) is 0 Å². The maximum Gasteiger partial charge on any atom is 0.00670 e. The monoisotopic (exact) mass is 140 g/mol. The second-order valence-electron chi connectivity index (χ2n) is 3.14. The molecule has 0 aromatic rings. The van der Waals surface area contributed by atoms with E-state index in [2.05, 4.69) is 12.2 Å². The summed E-state index contributed by atoms with van der Waals surface area (Å²) in [5.74, 6) is 0. The van der Waals surface area contributed by atoms with E-state index >= 15 is 0 Å². The predicted molar refractivity (Wildman–Crippen MR) is 44.8 cm³/mol. The molecule has 59 valence electrons. The first-order valence-corrected chi connectivity index (χ1v) is 4.46. The Hall–Kier alpha value is -0.0400. The molecule has 1 saturated heterocycles. The number of rotatable bonds is 2. The molecule has 1 rings (SSSR count). The molecule has 0 amide bonds. The lowest BCUT2D eigenvalue weighted by Gasteiger charge is -2.13. The molecule has 10 heavy (non-hydrogen) atoms. The van der Waals surface area contributed by atoms with E-state index in [0.29, 0.717) is 0 Å². The first kappa shape index (κ1) is 8.06. The molecule has 1 heterocycles. The molecule has 1 fully saturated rings. The molecule has 1 heteroatoms. The quantitative estimate of drug-likeness (QED) is 0.619. The van der Waals surface area contributed by atoms with Gasteiger partial charge in [0.15, 0.2) is 0 Å². The Morgan fingerprint density at radius 1 is 1.30 bits per heavy atom. The van der Waals surface area contributed by atoms with Gasteiger partial charge in [-0.05, 0) is 25.8 Å². The highest BCUT2D eigenvalue weighted by molar-refractivity contribution is 4.70. The van der Waals surface area contributed by atoms with Crippen molar-refractivity contribution in [2.24, 2.45) is 0 Å². The standard InChI is InChI=1S/C9H18N/c1-2-6-9-7-4-3-5-8-10-9/h9-10H,1-8H2. The smallest absolute Gasteiger partial charge is 0.00670 e. The molecule has 0 bridgehead atoms. The SMILES string of the molecule is [CH2]CCC1CCCCCN1. The van der Waals surface area contributed by atoms with Crippen LogP contribution in [0.5, 0.6) is 0 Å². The van der Waals surface area contributed by atoms with E-state index in [1.165, 1.54) is 38.6 Å². The zero-order valence-electron chi connectivity index (χ0n) is 6.73. The maximum absolute atomic E-state index is 3.87. The summed E-state index contributed by atoms with van der Waals surface area (Å²) in [4.78, 5) is 0. The highest BCUT2D eigenvalue weighted by Crippen LogP contribution is 2.11. The van der Waals surface area contributed by atoms with Gasteiger partial charge in [-0.15, -0.1) is 0 Å². The van der Waals surface area contributed by atoms with Gasteiger partial charge in [0.05, 0.1) is 0 Å². The normalized spacial score (nSPS) is 27.9. The van der Waals surface area contributed by atoms with Crippen molar-refractivity contribution < 1.29 is 0 Å². The van der Waals surface area contributed by atoms with E-state index in [1.807, 2.05) is 0 Å². The van der Waals surface area contributed by atoms with Gasteiger partial charge in [0.2, 0.25) is 0 Å². The zero-order valence-corrected chi connectivity index (χ0v) is 6.73. The molecule has 1 aliphatic heterocycles. The van der Waals surface area contributed by atoms with Crippen molar-refractivity contribution in [2.45, 2.75) is 44.6 Å². The van der Waals surface area contributed by atoms with E-state index in [1.54, 1.807) is 0 Å². The van der Waals surface area contributed by atoms with Crippen LogP contribution in [-0.4, -0.2) is 12.6 Å². The van der Waals surface area contributed by atoms with Gasteiger partial charge < -0.3 is 5.32 Å². The van der Waals surface area contributed by atoms with Crippen LogP contribution in [0.2, 0.25) is 0 Å². The summed E-state index contributed by atoms with van der Waals surface area (Å²) >= 11 is 0. The van der Waals surface area contributed by atoms with Gasteiger partial charge in [-0.1, -0.05) is 26.2 Å². The molecule has 1 radical (unpaired) electrons. The van der Waals surface area contributed by atoms with Crippen molar-refractivity contribution in [2.75, 3.05) is 6.54 Å². The van der Waals surface area contributed by atoms with E-state index in [-0.39, 0.29) is 0 Å². The topological polar surface area (TPSA) is 12.0 Å². The van der Waals surface area contributed by atoms with Crippen LogP contribution in [0.4, 0.5) is 0 Å². The van der Waals surface area contributed by atoms with Crippen LogP contribution in [0, 0.1) is 6.92 Å². The van der Waals surface area contributed by atoms with E-state index < -0.39 is 0 Å². The van der Waals surface area contributed by atoms with Gasteiger partial charge >= 0.3 is 0 Å². The van der Waals surface area contributed by atoms with Crippen LogP contribution in [0.15, 0.2) is 0 Å². The van der Waals surface area contributed by atoms with Crippen LogP contribution < -0.4 is 5.32 Å². The average molecular weight is 140 g/mol. The maximum atomic E-state index is 3.87. The van der Waals surface area contributed by atoms with Gasteiger partial charge in [-0.3, -0.25) is 0 Å². The van der Waals surface area contributed by atoms with E-state index in [9.17, 15) is 0 Å². The lowest BCUT2D eigenvalue weighted by molar-refractivity contribution is 0.481. The summed E-state index contributed by atoms with van der Waals surface area (Å²) in [7, 11) is 0. The fourth-order valence-corrected chi connectivity index (χ4v) is 1.59. The Morgan fingerprint density at radius 3 is 3.00 bits per heavy atom. The van der Waals surface area contributed by atoms with Crippen LogP contribution in [0.3, 0.4) is 0 Å². The highest BCUT2D eigenvalue weighted by Gasteiger charge is 2.08. The molecule has 1 N–H and O–H groups in total. The third kappa shape index (κ3) is 2.70. The fraction of sp³-hybridized carbons (Fsp3) is 0.889. The van der Waals surface area contributed by atoms with Crippen molar-refractivity contribution >= 4 is 0 Å². The van der Waals surface area contributed by atoms with Crippen LogP contribution in [0.1, 0.15) is 38.5 Å². The van der Waals surface area contributed by atoms with Crippen molar-refractivity contribution in [3.8, 4) is 0 Å². The summed E-state index contributed by atoms with van der Waals surface area (Å²) in [5.41, 5.74) is 0. The third-order valence-electron chi connectivity index (χ3n) is 2.21. The average Bonchev–Trinajstić information content (AvgIpc) is 2.17. The lowest BCUT2D eigenvalue weighted by atomic mass is 10.1. The highest BCUT2D eigenvalue weighted by atomic mass is 14.9. The minimum atomic E-state index is 0.778. The number of hydrogen-bond acceptors (Lipinski definition) is 1. The van der Waals surface area contributed by atoms with Crippen LogP contribution in [-0.2, 0) is 0 Å². The zero-order chi connectivity index (χ0) is 7.23. The molecule has 0 saturated carbocycles. The van der Waals surface area contributed by atoms with Crippen LogP contribution >= 0.6 is 0 Å². The summed E-state index contributed by atoms with van der Waals surface area (Å²) in [6.07, 6.45) is 7.92. The Bertz CT molecular complexity index is 72.8. The predicted octanol–water partition coefficient (Wildman–Crippen LogP) is 2.13. The molecule has 1 aliphatic rings. The first-order chi connectivity index (χ1) is 4.93. The third-order valence-corrected chi connectivity index (χ3v) is 2.21. The molecule has 1 atom stereocenters. The Morgan fingerprint density at radius 2 is 2.20 bits per heavy atom. The summed E-state index contributed by atoms with van der Waals surface area (Å²) in [6, 6.07) is 0.778. The van der Waals surface area contributed by atoms with Crippen molar-refractivity contribution in [3.05, 3.63) is 6.92 Å². The van der Waals surface area contributed by atoms with Gasteiger partial charge in [0, 0.05) is 6.04 Å². The molecule has 0 aromatic heterocycles. The fourth-order valence-electron chi connectivity index (χ4n) is 1.59. The molecule has 1 unspecified atom stereocenters. The van der Waals surface area contributed by atoms with Crippen molar-refractivity contribution in [1.82, 2.24) is 5.32 Å². The minimum Gasteiger partial charge on any atom is -0.314 e. The molecule has 0 spiro atoms. The van der Waals surface area contributed by atoms with Gasteiger partial charge in [0.25, 0.3) is 0 Å². The van der Waals surface area contributed by atoms with Gasteiger partial charge in [-0.2, -0.15) is 0 Å². The lowest BCUT2D eigenvalue weighted by Crippen LogP contribution is -2.27. The molecule has 0 aliphatic carbocycles. The van der Waals surface area contributed by atoms with E-state index in [0.717, 1.165) is 12.5 Å². The molecular formula is C9H18N. The van der Waals surface area contributed by atoms with E-state index in [4.69, 9.17) is 0 Å². The first-order valence-electron chi connectivity index (χ1n) is 4.46. The Balaban J connectivity index is 2.15. The van der Waals surface area contributed by atoms with Crippen molar-refractivity contribution in [3.63, 3.8) is 0 Å². The Labute approximate surface area is 64.2 Å². The second-order valence-corrected chi connectivity index (χ2v) is 3.14. The summed E-state index contributed by atoms with van der Waals surface area (Å²) in [5, 5.41) is 3.54. The van der Waals surface area contributed by atoms with Crippen LogP contribution in [0.25, 0.3) is 0 Å². The minimum absolute atomic E-state index is 0.778. The second kappa shape index (κ2) is 4.73. The summed E-state index contributed by atoms with van der Waals surface area (Å²) in [6.45, 7) is 5.10. The summed E-state index contributed by atoms with van der Waals surface area (Å²) < 4.78 is 0. The van der Waals surface area contributed by atoms with Gasteiger partial charge in [0.1, 0.15) is 0 Å².